The van der Waals surface area contributed by atoms with Crippen molar-refractivity contribution in [1.82, 2.24) is 0 Å². The first-order valence-electron chi connectivity index (χ1n) is 12.6. The average Bonchev–Trinajstić information content (AvgIpc) is 2.74. The minimum atomic E-state index is -1.00. The Labute approximate surface area is 195 Å². The van der Waals surface area contributed by atoms with Crippen molar-refractivity contribution in [3.05, 3.63) is 0 Å². The standard InChI is InChI=1S/C18H36O2.C6H14N4O2/c1-2-3-4-5-6-7-8-9-10-11-12-13-14-15-16-17-18(19)20;7-4(5(11)12)2-1-3-10-6(8)9/h2-17H2,1H3,(H,19,20);4H,1-3,7H2,(H,11,12)(H4,8,9,10)/t;4-/m.0/s1. The molecule has 0 aliphatic heterocycles. The van der Waals surface area contributed by atoms with Gasteiger partial charge in [0, 0.05) is 13.0 Å². The van der Waals surface area contributed by atoms with Gasteiger partial charge in [-0.3, -0.25) is 14.6 Å². The number of hydrogen-bond donors (Lipinski definition) is 5. The van der Waals surface area contributed by atoms with Crippen molar-refractivity contribution in [1.29, 1.82) is 0 Å². The van der Waals surface area contributed by atoms with Crippen LogP contribution in [0.25, 0.3) is 0 Å². The molecule has 0 radical (unpaired) electrons. The van der Waals surface area contributed by atoms with Crippen LogP contribution in [0, 0.1) is 0 Å². The summed E-state index contributed by atoms with van der Waals surface area (Å²) in [6.45, 7) is 2.69. The van der Waals surface area contributed by atoms with Crippen molar-refractivity contribution in [2.75, 3.05) is 6.54 Å². The maximum atomic E-state index is 10.3. The number of nitrogens with zero attached hydrogens (tertiary/aromatic N) is 1. The zero-order valence-electron chi connectivity index (χ0n) is 20.4. The number of carboxylic acid groups (broad SMARTS) is 2. The fraction of sp³-hybridized carbons (Fsp3) is 0.875. The second kappa shape index (κ2) is 25.4. The van der Waals surface area contributed by atoms with Crippen molar-refractivity contribution in [3.8, 4) is 0 Å². The molecule has 0 amide bonds. The number of rotatable bonds is 21. The number of nitrogens with two attached hydrogens (primary N) is 3. The molecule has 0 heterocycles. The average molecular weight is 459 g/mol. The van der Waals surface area contributed by atoms with E-state index in [9.17, 15) is 9.59 Å². The molecule has 0 fully saturated rings. The molecule has 0 bridgehead atoms. The normalized spacial score (nSPS) is 11.3. The summed E-state index contributed by atoms with van der Waals surface area (Å²) in [5.74, 6) is -1.64. The topological polar surface area (TPSA) is 165 Å². The molecule has 0 saturated carbocycles. The first-order chi connectivity index (χ1) is 15.3. The Bertz CT molecular complexity index is 469. The van der Waals surface area contributed by atoms with Crippen molar-refractivity contribution in [3.63, 3.8) is 0 Å². The molecular formula is C24H50N4O4. The van der Waals surface area contributed by atoms with Crippen LogP contribution in [0.1, 0.15) is 122 Å². The SMILES string of the molecule is CCCCCCCCCCCCCCCCCC(=O)O.NC(N)=NCCC[C@H](N)C(=O)O. The summed E-state index contributed by atoms with van der Waals surface area (Å²) < 4.78 is 0. The molecule has 0 aliphatic carbocycles. The monoisotopic (exact) mass is 458 g/mol. The van der Waals surface area contributed by atoms with Gasteiger partial charge in [-0.15, -0.1) is 0 Å². The first kappa shape index (κ1) is 32.4. The highest BCUT2D eigenvalue weighted by molar-refractivity contribution is 5.75. The predicted molar refractivity (Wildman–Crippen MR) is 133 cm³/mol. The molecule has 190 valence electrons. The van der Waals surface area contributed by atoms with Crippen LogP contribution in [0.2, 0.25) is 0 Å². The van der Waals surface area contributed by atoms with Crippen LogP contribution in [-0.4, -0.2) is 40.7 Å². The van der Waals surface area contributed by atoms with E-state index < -0.39 is 18.0 Å². The molecule has 0 aromatic rings. The molecule has 0 aromatic heterocycles. The van der Waals surface area contributed by atoms with E-state index in [2.05, 4.69) is 11.9 Å². The molecule has 0 saturated heterocycles. The number of guanidine groups is 1. The molecule has 0 spiro atoms. The van der Waals surface area contributed by atoms with Gasteiger partial charge in [-0.1, -0.05) is 96.8 Å². The molecule has 1 atom stereocenters. The number of hydrogen-bond acceptors (Lipinski definition) is 4. The molecule has 0 unspecified atom stereocenters. The number of aliphatic imine (C=N–C) groups is 1. The second-order valence-electron chi connectivity index (χ2n) is 8.49. The van der Waals surface area contributed by atoms with Gasteiger partial charge >= 0.3 is 11.9 Å². The molecule has 8 heteroatoms. The first-order valence-corrected chi connectivity index (χ1v) is 12.6. The summed E-state index contributed by atoms with van der Waals surface area (Å²) in [5, 5.41) is 16.9. The van der Waals surface area contributed by atoms with E-state index in [4.69, 9.17) is 27.4 Å². The Morgan fingerprint density at radius 3 is 1.47 bits per heavy atom. The third-order valence-electron chi connectivity index (χ3n) is 5.28. The highest BCUT2D eigenvalue weighted by atomic mass is 16.4. The van der Waals surface area contributed by atoms with Gasteiger partial charge in [0.25, 0.3) is 0 Å². The van der Waals surface area contributed by atoms with Gasteiger partial charge in [0.1, 0.15) is 6.04 Å². The molecule has 0 aromatic carbocycles. The number of aliphatic carboxylic acids is 2. The Balaban J connectivity index is 0. The lowest BCUT2D eigenvalue weighted by Crippen LogP contribution is -2.30. The van der Waals surface area contributed by atoms with E-state index in [0.29, 0.717) is 25.8 Å². The van der Waals surface area contributed by atoms with Crippen LogP contribution >= 0.6 is 0 Å². The van der Waals surface area contributed by atoms with E-state index in [1.807, 2.05) is 0 Å². The van der Waals surface area contributed by atoms with Crippen molar-refractivity contribution >= 4 is 17.9 Å². The van der Waals surface area contributed by atoms with Gasteiger partial charge < -0.3 is 27.4 Å². The zero-order chi connectivity index (χ0) is 24.5. The summed E-state index contributed by atoms with van der Waals surface area (Å²) in [6, 6.07) is -0.820. The van der Waals surface area contributed by atoms with E-state index in [-0.39, 0.29) is 5.96 Å². The minimum Gasteiger partial charge on any atom is -0.481 e. The maximum Gasteiger partial charge on any atom is 0.320 e. The number of carboxylic acids is 2. The smallest absolute Gasteiger partial charge is 0.320 e. The third kappa shape index (κ3) is 30.4. The summed E-state index contributed by atoms with van der Waals surface area (Å²) in [6.07, 6.45) is 21.2. The van der Waals surface area contributed by atoms with E-state index in [1.54, 1.807) is 0 Å². The van der Waals surface area contributed by atoms with Crippen molar-refractivity contribution in [2.24, 2.45) is 22.2 Å². The highest BCUT2D eigenvalue weighted by Crippen LogP contribution is 2.13. The summed E-state index contributed by atoms with van der Waals surface area (Å²) >= 11 is 0. The minimum absolute atomic E-state index is 0.0129. The summed E-state index contributed by atoms with van der Waals surface area (Å²) in [5.41, 5.74) is 15.3. The zero-order valence-corrected chi connectivity index (χ0v) is 20.4. The van der Waals surface area contributed by atoms with Crippen LogP contribution in [-0.2, 0) is 9.59 Å². The second-order valence-corrected chi connectivity index (χ2v) is 8.49. The third-order valence-corrected chi connectivity index (χ3v) is 5.28. The lowest BCUT2D eigenvalue weighted by Gasteiger charge is -2.03. The molecule has 8 nitrogen and oxygen atoms in total. The largest absolute Gasteiger partial charge is 0.481 e. The van der Waals surface area contributed by atoms with E-state index in [1.165, 1.54) is 83.5 Å². The lowest BCUT2D eigenvalue weighted by molar-refractivity contribution is -0.139. The molecule has 8 N–H and O–H groups in total. The molecule has 0 rings (SSSR count). The number of carbonyl (C=O) groups is 2. The van der Waals surface area contributed by atoms with E-state index in [0.717, 1.165) is 12.8 Å². The van der Waals surface area contributed by atoms with Crippen molar-refractivity contribution in [2.45, 2.75) is 129 Å². The van der Waals surface area contributed by atoms with Crippen LogP contribution in [0.4, 0.5) is 0 Å². The fourth-order valence-electron chi connectivity index (χ4n) is 3.29. The Morgan fingerprint density at radius 1 is 0.719 bits per heavy atom. The molecular weight excluding hydrogens is 408 g/mol. The van der Waals surface area contributed by atoms with Crippen LogP contribution in [0.3, 0.4) is 0 Å². The van der Waals surface area contributed by atoms with Gasteiger partial charge in [0.15, 0.2) is 5.96 Å². The van der Waals surface area contributed by atoms with Gasteiger partial charge in [-0.2, -0.15) is 0 Å². The van der Waals surface area contributed by atoms with Crippen LogP contribution < -0.4 is 17.2 Å². The predicted octanol–water partition coefficient (Wildman–Crippen LogP) is 4.78. The Morgan fingerprint density at radius 2 is 1.12 bits per heavy atom. The lowest BCUT2D eigenvalue weighted by atomic mass is 10.0. The number of unbranched alkanes of at least 4 members (excludes halogenated alkanes) is 14. The Hall–Kier alpha value is -1.83. The van der Waals surface area contributed by atoms with Gasteiger partial charge in [0.05, 0.1) is 0 Å². The fourth-order valence-corrected chi connectivity index (χ4v) is 3.29. The molecule has 0 aliphatic rings. The summed E-state index contributed by atoms with van der Waals surface area (Å²) in [7, 11) is 0. The quantitative estimate of drug-likeness (QED) is 0.0937. The van der Waals surface area contributed by atoms with Gasteiger partial charge in [0.2, 0.25) is 0 Å². The van der Waals surface area contributed by atoms with Crippen LogP contribution in [0.5, 0.6) is 0 Å². The van der Waals surface area contributed by atoms with Crippen molar-refractivity contribution < 1.29 is 19.8 Å². The maximum absolute atomic E-state index is 10.3. The van der Waals surface area contributed by atoms with Gasteiger partial charge in [-0.05, 0) is 19.3 Å². The van der Waals surface area contributed by atoms with Crippen LogP contribution in [0.15, 0.2) is 4.99 Å². The Kier molecular flexibility index (Phi) is 25.7. The summed E-state index contributed by atoms with van der Waals surface area (Å²) in [4.78, 5) is 24.2. The van der Waals surface area contributed by atoms with E-state index >= 15 is 0 Å². The van der Waals surface area contributed by atoms with Gasteiger partial charge in [-0.25, -0.2) is 0 Å². The molecule has 32 heavy (non-hydrogen) atoms. The highest BCUT2D eigenvalue weighted by Gasteiger charge is 2.09.